The molecule has 2 aliphatic heterocycles. The molecule has 0 aliphatic carbocycles. The van der Waals surface area contributed by atoms with Crippen molar-refractivity contribution in [2.24, 2.45) is 15.2 Å². The minimum atomic E-state index is -0.665. The van der Waals surface area contributed by atoms with Gasteiger partial charge in [0.25, 0.3) is 11.8 Å². The van der Waals surface area contributed by atoms with Crippen molar-refractivity contribution in [2.75, 3.05) is 43.7 Å². The molecule has 0 bridgehead atoms. The van der Waals surface area contributed by atoms with E-state index >= 15 is 0 Å². The SMILES string of the molecule is C=NC(=N)/C(=C\NCNc1ccc2c(c1)C(C)(C)OC2=O)COCCCCCCCCCCNc1cccc2c1C(=O)N(NC(=O)CCCC=O)C2=O.C=NN=C.OCCc1ccccc1. The number of anilines is 2. The van der Waals surface area contributed by atoms with Gasteiger partial charge in [-0.2, -0.15) is 15.2 Å². The van der Waals surface area contributed by atoms with Crippen LogP contribution in [0.15, 0.2) is 93.7 Å². The van der Waals surface area contributed by atoms with Crippen LogP contribution in [0.5, 0.6) is 0 Å². The molecule has 3 aromatic carbocycles. The van der Waals surface area contributed by atoms with Crippen LogP contribution >= 0.6 is 0 Å². The molecule has 6 N–H and O–H groups in total. The van der Waals surface area contributed by atoms with Crippen molar-refractivity contribution in [3.63, 3.8) is 0 Å². The summed E-state index contributed by atoms with van der Waals surface area (Å²) in [5, 5.41) is 33.1. The highest BCUT2D eigenvalue weighted by Gasteiger charge is 2.39. The first-order valence-electron chi connectivity index (χ1n) is 22.1. The van der Waals surface area contributed by atoms with Crippen LogP contribution < -0.4 is 21.4 Å². The molecule has 0 atom stereocenters. The zero-order valence-corrected chi connectivity index (χ0v) is 38.2. The number of carbonyl (C=O) groups is 5. The third-order valence-corrected chi connectivity index (χ3v) is 10.4. The molecule has 0 radical (unpaired) electrons. The number of imide groups is 1. The predicted octanol–water partition coefficient (Wildman–Crippen LogP) is 7.38. The Kier molecular flexibility index (Phi) is 24.0. The highest BCUT2D eigenvalue weighted by molar-refractivity contribution is 6.24. The van der Waals surface area contributed by atoms with Crippen LogP contribution in [0.4, 0.5) is 11.4 Å². The van der Waals surface area contributed by atoms with Gasteiger partial charge in [-0.15, -0.1) is 0 Å². The first-order chi connectivity index (χ1) is 31.9. The van der Waals surface area contributed by atoms with Crippen LogP contribution in [0.2, 0.25) is 0 Å². The Labute approximate surface area is 387 Å². The first-order valence-corrected chi connectivity index (χ1v) is 22.1. The molecule has 0 spiro atoms. The van der Waals surface area contributed by atoms with Gasteiger partial charge in [-0.1, -0.05) is 74.9 Å². The van der Waals surface area contributed by atoms with E-state index in [1.165, 1.54) is 5.56 Å². The number of hydrazine groups is 1. The molecule has 66 heavy (non-hydrogen) atoms. The number of nitrogens with zero attached hydrogens (tertiary/aromatic N) is 4. The number of ether oxygens (including phenoxy) is 2. The molecule has 2 aliphatic rings. The quantitative estimate of drug-likeness (QED) is 0.00645. The van der Waals surface area contributed by atoms with Crippen LogP contribution in [0.1, 0.15) is 127 Å². The number of esters is 1. The molecule has 0 fully saturated rings. The number of unbranched alkanes of at least 4 members (excludes halogenated alkanes) is 8. The third kappa shape index (κ3) is 17.6. The summed E-state index contributed by atoms with van der Waals surface area (Å²) in [6.45, 7) is 15.3. The maximum absolute atomic E-state index is 13.0. The van der Waals surface area contributed by atoms with Crippen LogP contribution in [-0.2, 0) is 31.1 Å². The number of hydrogen-bond donors (Lipinski definition) is 6. The molecule has 2 heterocycles. The van der Waals surface area contributed by atoms with E-state index in [2.05, 4.69) is 56.7 Å². The van der Waals surface area contributed by atoms with Crippen molar-refractivity contribution in [2.45, 2.75) is 96.5 Å². The number of amidine groups is 1. The molecule has 17 heteroatoms. The number of carbonyl (C=O) groups excluding carboxylic acids is 5. The van der Waals surface area contributed by atoms with Crippen LogP contribution in [0, 0.1) is 5.41 Å². The third-order valence-electron chi connectivity index (χ3n) is 10.4. The van der Waals surface area contributed by atoms with Crippen molar-refractivity contribution < 1.29 is 38.6 Å². The van der Waals surface area contributed by atoms with Gasteiger partial charge in [0, 0.05) is 74.7 Å². The number of fused-ring (bicyclic) bond motifs is 2. The van der Waals surface area contributed by atoms with E-state index in [9.17, 15) is 24.0 Å². The zero-order chi connectivity index (χ0) is 48.2. The van der Waals surface area contributed by atoms with E-state index in [1.807, 2.05) is 56.3 Å². The van der Waals surface area contributed by atoms with Gasteiger partial charge in [0.15, 0.2) is 5.84 Å². The summed E-state index contributed by atoms with van der Waals surface area (Å²) in [6.07, 6.45) is 12.2. The second-order valence-electron chi connectivity index (χ2n) is 15.7. The molecule has 0 saturated heterocycles. The molecule has 3 amide bonds. The van der Waals surface area contributed by atoms with Crippen molar-refractivity contribution >= 4 is 67.3 Å². The standard InChI is InChI=1S/C39H51N7O7.C8H10O.C2H4N2/c1-39(2)31-23-28(18-19-29(31)38(51)53-39)44-26-42-24-27(35(40)41-3)25-52-22-13-9-7-5-4-6-8-11-20-43-32-16-14-15-30-34(32)37(50)46(36(30)49)45-33(48)17-10-12-21-47;9-7-6-8-4-2-1-3-5-8;1-3-4-2/h14-16,18-19,21,23-24,40,42-44H,3-13,17,20,22,25-26H2,1-2H3,(H,45,48);1-5,9H,6-7H2;1-2H2/b27-24-,40-35?;;. The van der Waals surface area contributed by atoms with Gasteiger partial charge in [0.2, 0.25) is 5.91 Å². The largest absolute Gasteiger partial charge is 0.451 e. The van der Waals surface area contributed by atoms with Gasteiger partial charge < -0.3 is 35.3 Å². The van der Waals surface area contributed by atoms with E-state index in [0.29, 0.717) is 43.1 Å². The minimum Gasteiger partial charge on any atom is -0.451 e. The number of amides is 3. The fourth-order valence-corrected chi connectivity index (χ4v) is 6.91. The van der Waals surface area contributed by atoms with E-state index in [4.69, 9.17) is 20.0 Å². The summed E-state index contributed by atoms with van der Waals surface area (Å²) in [5.41, 5.74) is 6.84. The Morgan fingerprint density at radius 1 is 0.864 bits per heavy atom. The first kappa shape index (κ1) is 53.5. The Morgan fingerprint density at radius 2 is 1.56 bits per heavy atom. The monoisotopic (exact) mass is 907 g/mol. The lowest BCUT2D eigenvalue weighted by Crippen LogP contribution is -2.45. The average molecular weight is 908 g/mol. The summed E-state index contributed by atoms with van der Waals surface area (Å²) in [5.74, 6) is -1.88. The summed E-state index contributed by atoms with van der Waals surface area (Å²) >= 11 is 0. The molecule has 17 nitrogen and oxygen atoms in total. The average Bonchev–Trinajstić information content (AvgIpc) is 3.70. The maximum Gasteiger partial charge on any atom is 0.339 e. The fraction of sp³-hybridized carbons (Fsp3) is 0.408. The highest BCUT2D eigenvalue weighted by Crippen LogP contribution is 2.37. The normalized spacial score (nSPS) is 13.1. The van der Waals surface area contributed by atoms with Gasteiger partial charge in [0.1, 0.15) is 11.9 Å². The number of aliphatic hydroxyl groups excluding tert-OH is 1. The molecule has 0 unspecified atom stereocenters. The zero-order valence-electron chi connectivity index (χ0n) is 38.2. The molecular weight excluding hydrogens is 843 g/mol. The van der Waals surface area contributed by atoms with Gasteiger partial charge >= 0.3 is 5.97 Å². The number of aldehydes is 1. The Balaban J connectivity index is 0.000000767. The van der Waals surface area contributed by atoms with Crippen molar-refractivity contribution in [1.29, 1.82) is 5.41 Å². The summed E-state index contributed by atoms with van der Waals surface area (Å²) in [6, 6.07) is 20.5. The summed E-state index contributed by atoms with van der Waals surface area (Å²) in [4.78, 5) is 64.1. The Bertz CT molecular complexity index is 2140. The second kappa shape index (κ2) is 29.6. The van der Waals surface area contributed by atoms with E-state index in [-0.39, 0.29) is 49.0 Å². The maximum atomic E-state index is 13.0. The van der Waals surface area contributed by atoms with Crippen LogP contribution in [-0.4, -0.2) is 99.1 Å². The van der Waals surface area contributed by atoms with Gasteiger partial charge in [-0.3, -0.25) is 25.2 Å². The van der Waals surface area contributed by atoms with Gasteiger partial charge in [-0.05, 0) is 82.1 Å². The van der Waals surface area contributed by atoms with E-state index < -0.39 is 23.3 Å². The van der Waals surface area contributed by atoms with Crippen molar-refractivity contribution in [3.05, 3.63) is 106 Å². The van der Waals surface area contributed by atoms with Crippen molar-refractivity contribution in [1.82, 2.24) is 15.8 Å². The topological polar surface area (TPSA) is 236 Å². The molecule has 3 aromatic rings. The number of rotatable bonds is 27. The molecule has 0 saturated carbocycles. The highest BCUT2D eigenvalue weighted by atomic mass is 16.6. The number of aliphatic hydroxyl groups is 1. The van der Waals surface area contributed by atoms with Crippen LogP contribution in [0.3, 0.4) is 0 Å². The number of cyclic esters (lactones) is 1. The molecule has 5 rings (SSSR count). The molecular formula is C49H65N9O8. The lowest BCUT2D eigenvalue weighted by Gasteiger charge is -2.18. The van der Waals surface area contributed by atoms with Crippen LogP contribution in [0.25, 0.3) is 0 Å². The lowest BCUT2D eigenvalue weighted by atomic mass is 9.95. The van der Waals surface area contributed by atoms with E-state index in [1.54, 1.807) is 30.5 Å². The number of aliphatic imine (C=N–C) groups is 1. The molecule has 354 valence electrons. The Morgan fingerprint density at radius 3 is 2.23 bits per heavy atom. The summed E-state index contributed by atoms with van der Waals surface area (Å²) < 4.78 is 11.3. The molecule has 0 aromatic heterocycles. The number of nitrogens with one attached hydrogen (secondary N) is 5. The Hall–Kier alpha value is -6.85. The predicted molar refractivity (Wildman–Crippen MR) is 259 cm³/mol. The number of hydrogen-bond acceptors (Lipinski definition) is 14. The van der Waals surface area contributed by atoms with Crippen molar-refractivity contribution in [3.8, 4) is 0 Å². The summed E-state index contributed by atoms with van der Waals surface area (Å²) in [7, 11) is 0. The second-order valence-corrected chi connectivity index (χ2v) is 15.7. The minimum absolute atomic E-state index is 0.0462. The smallest absolute Gasteiger partial charge is 0.339 e. The lowest BCUT2D eigenvalue weighted by molar-refractivity contribution is -0.124. The number of benzene rings is 3. The van der Waals surface area contributed by atoms with E-state index in [0.717, 1.165) is 80.3 Å². The van der Waals surface area contributed by atoms with Gasteiger partial charge in [0.05, 0.1) is 30.0 Å². The fourth-order valence-electron chi connectivity index (χ4n) is 6.91. The van der Waals surface area contributed by atoms with Gasteiger partial charge in [-0.25, -0.2) is 9.79 Å².